The fourth-order valence-electron chi connectivity index (χ4n) is 19.5. The molecule has 0 atom stereocenters. The maximum atomic E-state index is 12.2. The van der Waals surface area contributed by atoms with Crippen LogP contribution < -0.4 is 16.0 Å². The highest BCUT2D eigenvalue weighted by Gasteiger charge is 2.40. The van der Waals surface area contributed by atoms with Gasteiger partial charge in [-0.05, 0) is 326 Å². The topological polar surface area (TPSA) is 226 Å². The second-order valence-corrected chi connectivity index (χ2v) is 64.6. The molecule has 8 rings (SSSR count). The minimum Gasteiger partial charge on any atom is -0.366 e. The van der Waals surface area contributed by atoms with Gasteiger partial charge in [-0.15, -0.1) is 23.5 Å². The predicted octanol–water partition coefficient (Wildman–Crippen LogP) is 26.1. The summed E-state index contributed by atoms with van der Waals surface area (Å²) >= 11 is 3.44. The normalized spacial score (nSPS) is 19.1. The van der Waals surface area contributed by atoms with Crippen molar-refractivity contribution < 1.29 is 52.6 Å². The molecule has 0 bridgehead atoms. The van der Waals surface area contributed by atoms with Crippen molar-refractivity contribution in [2.75, 3.05) is 156 Å². The molecule has 0 saturated carbocycles. The summed E-state index contributed by atoms with van der Waals surface area (Å²) in [6.45, 7) is 123. The lowest BCUT2D eigenvalue weighted by Gasteiger charge is -2.42. The van der Waals surface area contributed by atoms with Crippen molar-refractivity contribution in [1.82, 2.24) is 55.1 Å². The third-order valence-electron chi connectivity index (χ3n) is 29.7. The Morgan fingerprint density at radius 3 is 0.769 bits per heavy atom. The molecule has 8 fully saturated rings. The van der Waals surface area contributed by atoms with Crippen LogP contribution in [0.4, 0.5) is 0 Å². The van der Waals surface area contributed by atoms with Crippen molar-refractivity contribution >= 4 is 70.7 Å². The number of hydrogen-bond donors (Lipinski definition) is 3. The van der Waals surface area contributed by atoms with Crippen molar-refractivity contribution in [2.24, 2.45) is 84.7 Å². The van der Waals surface area contributed by atoms with Gasteiger partial charge in [0.05, 0.1) is 41.4 Å². The minimum absolute atomic E-state index is 0. The molecule has 7 amide bonds. The van der Waals surface area contributed by atoms with Crippen LogP contribution in [0.1, 0.15) is 455 Å². The summed E-state index contributed by atoms with van der Waals surface area (Å²) in [7, 11) is 0. The smallest absolute Gasteiger partial charge is 0.248 e. The number of nitrogens with one attached hydrogen (secondary N) is 3. The van der Waals surface area contributed by atoms with Gasteiger partial charge in [-0.1, -0.05) is 215 Å². The van der Waals surface area contributed by atoms with E-state index >= 15 is 0 Å². The molecule has 0 unspecified atom stereocenters. The van der Waals surface area contributed by atoms with Crippen LogP contribution in [0.3, 0.4) is 0 Å². The molecule has 8 aliphatic heterocycles. The van der Waals surface area contributed by atoms with Crippen molar-refractivity contribution in [3.05, 3.63) is 0 Å². The number of nitrogens with zero attached hydrogens (tertiary/aromatic N) is 8. The fourth-order valence-corrected chi connectivity index (χ4v) is 21.0. The Hall–Kier alpha value is -3.62. The van der Waals surface area contributed by atoms with Crippen molar-refractivity contribution in [2.45, 2.75) is 504 Å². The lowest BCUT2D eigenvalue weighted by atomic mass is 9.75. The highest BCUT2D eigenvalue weighted by molar-refractivity contribution is 8.01. The van der Waals surface area contributed by atoms with E-state index in [0.29, 0.717) is 99.9 Å². The largest absolute Gasteiger partial charge is 0.366 e. The van der Waals surface area contributed by atoms with Crippen molar-refractivity contribution in [1.29, 1.82) is 0 Å². The monoisotopic (exact) mass is 2110 g/mol. The summed E-state index contributed by atoms with van der Waals surface area (Å²) in [5, 5.41) is 10.0. The standard InChI is InChI=1S/C18H34N2O2S.C16H31NO.C15H30N2O.3C15H29NO2.C15H29NOS.C13H28N2.CH4/c1-17(2,3)9-10-19-16(22)14-7-11-20(12-8-14)15(21)13-23-18(4,5)6;1-15(2,3)11-14(18)12-17-9-7-13(8-10-17)16(4,5)6;1-14(2,3)12-7-9-17(10-8-12)13(18)11-16-15(4,5)6;4*1-14(2,3)12-7-9-16(10-8-12)13(17)11-18-15(4,5)6;1-12(2,3)14-11-7-9-15(10-8-11)13(4,5)6;/h14H,7-13H2,1-6H3,(H,19,22);13H,7-12H2,1-6H3;12,16H,7-11H2,1-6H3;4*12H,7-11H2,1-6H3;11,14H,7-10H2,1-6H3;1H4. The first kappa shape index (κ1) is 143. The van der Waals surface area contributed by atoms with Gasteiger partial charge >= 0.3 is 0 Å². The molecule has 0 spiro atoms. The number of ether oxygens (including phenoxy) is 3. The third kappa shape index (κ3) is 67.8. The predicted molar refractivity (Wildman–Crippen MR) is 631 cm³/mol. The summed E-state index contributed by atoms with van der Waals surface area (Å²) < 4.78 is 16.9. The Morgan fingerprint density at radius 2 is 0.544 bits per heavy atom. The van der Waals surface area contributed by atoms with Crippen molar-refractivity contribution in [3.8, 4) is 0 Å². The molecule has 22 nitrogen and oxygen atoms in total. The van der Waals surface area contributed by atoms with E-state index in [1.54, 1.807) is 23.5 Å². The quantitative estimate of drug-likeness (QED) is 0.109. The SMILES string of the molecule is C.CC(C)(C)CC(=O)CN1CCC(C(C)(C)C)CC1.CC(C)(C)CCNC(=O)C1CCN(C(=O)CSC(C)(C)C)CC1.CC(C)(C)NC1CCN(C(C)(C)C)CC1.CC(C)(C)NCC(=O)N1CCC(C(C)(C)C)CC1.CC(C)(C)OCC(=O)N1CCC(C(C)(C)C)CC1.CC(C)(C)OCC(=O)N1CCC(C(C)(C)C)CC1.CC(C)(C)OCC(=O)N1CCC(C(C)(C)C)CC1.CC(C)(C)SCC(=O)N1CCC(C(C)(C)C)CC1. The molecule has 0 aliphatic carbocycles. The van der Waals surface area contributed by atoms with E-state index < -0.39 is 0 Å². The van der Waals surface area contributed by atoms with Gasteiger partial charge in [0.25, 0.3) is 0 Å². The highest BCUT2D eigenvalue weighted by Crippen LogP contribution is 2.41. The van der Waals surface area contributed by atoms with Gasteiger partial charge in [0.1, 0.15) is 25.6 Å². The molecular weight excluding hydrogens is 1870 g/mol. The van der Waals surface area contributed by atoms with Crippen LogP contribution >= 0.6 is 23.5 Å². The van der Waals surface area contributed by atoms with Gasteiger partial charge in [-0.25, -0.2) is 0 Å². The van der Waals surface area contributed by atoms with Crippen LogP contribution in [-0.4, -0.2) is 291 Å². The molecule has 24 heteroatoms. The summed E-state index contributed by atoms with van der Waals surface area (Å²) in [4.78, 5) is 113. The summed E-state index contributed by atoms with van der Waals surface area (Å²) in [6, 6.07) is 0.712. The number of carbonyl (C=O) groups excluding carboxylic acids is 8. The molecule has 8 saturated heterocycles. The molecule has 0 aromatic carbocycles. The van der Waals surface area contributed by atoms with E-state index in [0.717, 1.165) is 204 Å². The number of Topliss-reactive ketones (excluding diaryl/α,β-unsaturated/α-hetero) is 1. The zero-order valence-electron chi connectivity index (χ0n) is 105. The van der Waals surface area contributed by atoms with Gasteiger partial charge in [0.2, 0.25) is 41.4 Å². The second kappa shape index (κ2) is 61.9. The second-order valence-electron chi connectivity index (χ2n) is 61.0. The van der Waals surface area contributed by atoms with Gasteiger partial charge in [0, 0.05) is 143 Å². The molecule has 147 heavy (non-hydrogen) atoms. The van der Waals surface area contributed by atoms with Crippen LogP contribution in [0.15, 0.2) is 0 Å². The summed E-state index contributed by atoms with van der Waals surface area (Å²) in [5.41, 5.74) is 2.52. The number of hydrogen-bond acceptors (Lipinski definition) is 17. The third-order valence-corrected chi connectivity index (χ3v) is 32.2. The molecule has 0 aromatic rings. The Balaban J connectivity index is 0.00000166. The number of piperidine rings is 8. The van der Waals surface area contributed by atoms with Gasteiger partial charge in [-0.3, -0.25) is 48.2 Å². The average Bonchev–Trinajstić information content (AvgIpc) is 0.852. The molecule has 0 radical (unpaired) electrons. The molecule has 0 aromatic heterocycles. The number of ketones is 1. The van der Waals surface area contributed by atoms with E-state index in [1.807, 2.05) is 86.8 Å². The lowest BCUT2D eigenvalue weighted by molar-refractivity contribution is -0.143. The number of amides is 7. The Kier molecular flexibility index (Phi) is 60.4. The molecule has 8 heterocycles. The Labute approximate surface area is 917 Å². The minimum atomic E-state index is -0.237. The average molecular weight is 2120 g/mol. The van der Waals surface area contributed by atoms with E-state index in [1.165, 1.54) is 38.8 Å². The van der Waals surface area contributed by atoms with Gasteiger partial charge in [-0.2, -0.15) is 0 Å². The zero-order valence-corrected chi connectivity index (χ0v) is 106. The van der Waals surface area contributed by atoms with E-state index in [9.17, 15) is 38.4 Å². The molecular formula is C123H243N11O11S2. The zero-order chi connectivity index (χ0) is 113. The van der Waals surface area contributed by atoms with Crippen LogP contribution in [0.5, 0.6) is 0 Å². The fraction of sp³-hybridized carbons (Fsp3) is 0.935. The summed E-state index contributed by atoms with van der Waals surface area (Å²) in [6.07, 6.45) is 19.6. The van der Waals surface area contributed by atoms with Crippen LogP contribution in [-0.2, 0) is 52.6 Å². The van der Waals surface area contributed by atoms with Crippen LogP contribution in [0.25, 0.3) is 0 Å². The molecule has 868 valence electrons. The van der Waals surface area contributed by atoms with Crippen LogP contribution in [0.2, 0.25) is 0 Å². The molecule has 8 aliphatic rings. The highest BCUT2D eigenvalue weighted by atomic mass is 32.2. The molecule has 3 N–H and O–H groups in total. The number of rotatable bonds is 19. The van der Waals surface area contributed by atoms with Crippen molar-refractivity contribution in [3.63, 3.8) is 0 Å². The number of likely N-dealkylation sites (tertiary alicyclic amines) is 8. The Morgan fingerprint density at radius 1 is 0.293 bits per heavy atom. The first-order valence-corrected chi connectivity index (χ1v) is 59.3. The maximum absolute atomic E-state index is 12.2. The van der Waals surface area contributed by atoms with E-state index in [2.05, 4.69) is 301 Å². The summed E-state index contributed by atoms with van der Waals surface area (Å²) in [5.74, 6) is 7.47. The van der Waals surface area contributed by atoms with Crippen LogP contribution in [0, 0.1) is 84.7 Å². The lowest BCUT2D eigenvalue weighted by Crippen LogP contribution is -2.53. The Bertz CT molecular complexity index is 3360. The van der Waals surface area contributed by atoms with E-state index in [-0.39, 0.29) is 117 Å². The number of thioether (sulfide) groups is 2. The van der Waals surface area contributed by atoms with Gasteiger partial charge in [0.15, 0.2) is 0 Å². The maximum Gasteiger partial charge on any atom is 0.248 e. The van der Waals surface area contributed by atoms with E-state index in [4.69, 9.17) is 14.2 Å². The first-order chi connectivity index (χ1) is 65.7. The van der Waals surface area contributed by atoms with Gasteiger partial charge < -0.3 is 59.6 Å². The number of carbonyl (C=O) groups is 8. The first-order valence-electron chi connectivity index (χ1n) is 57.4.